The largest absolute Gasteiger partial charge is 0.480 e. The molecule has 0 bridgehead atoms. The van der Waals surface area contributed by atoms with Crippen molar-refractivity contribution in [1.82, 2.24) is 25.4 Å². The number of para-hydroxylation sites is 1. The Hall–Kier alpha value is -4.14. The summed E-state index contributed by atoms with van der Waals surface area (Å²) in [6.07, 6.45) is 3.16. The number of hydrogen-bond acceptors (Lipinski definition) is 4. The molecule has 3 heterocycles. The number of aromatic amines is 2. The molecule has 1 saturated heterocycles. The number of H-pyrrole nitrogens is 2. The predicted molar refractivity (Wildman–Crippen MR) is 133 cm³/mol. The number of fused-ring (bicyclic) bond motifs is 2. The summed E-state index contributed by atoms with van der Waals surface area (Å²) in [5.74, 6) is -1.03. The summed E-state index contributed by atoms with van der Waals surface area (Å²) in [4.78, 5) is 42.0. The standard InChI is InChI=1S/C26H27N5O4/c1-15-10-16(11-19-14-27-30-23(15)19)12-22(25(33)34)29-26(35)31-8-6-17(7-9-31)20-13-18-4-2-3-5-21(18)28-24(20)32/h2-5,10-11,13-14,17,22H,6-9,12H2,1H3,(H,27,30)(H,28,32)(H,29,35)(H,33,34). The Balaban J connectivity index is 1.24. The molecule has 0 aliphatic carbocycles. The molecule has 2 amide bonds. The number of benzene rings is 2. The van der Waals surface area contributed by atoms with Crippen molar-refractivity contribution in [2.45, 2.75) is 38.1 Å². The molecule has 1 unspecified atom stereocenters. The van der Waals surface area contributed by atoms with Crippen molar-refractivity contribution in [3.05, 3.63) is 75.7 Å². The van der Waals surface area contributed by atoms with Crippen molar-refractivity contribution < 1.29 is 14.7 Å². The molecule has 9 heteroatoms. The fraction of sp³-hybridized carbons (Fsp3) is 0.308. The molecular formula is C26H27N5O4. The number of carbonyl (C=O) groups is 2. The number of urea groups is 1. The Kier molecular flexibility index (Phi) is 5.98. The van der Waals surface area contributed by atoms with Gasteiger partial charge in [-0.15, -0.1) is 0 Å². The Morgan fingerprint density at radius 2 is 1.94 bits per heavy atom. The van der Waals surface area contributed by atoms with Gasteiger partial charge in [-0.2, -0.15) is 5.10 Å². The van der Waals surface area contributed by atoms with Gasteiger partial charge < -0.3 is 20.3 Å². The maximum absolute atomic E-state index is 12.9. The first-order valence-electron chi connectivity index (χ1n) is 11.7. The Morgan fingerprint density at radius 1 is 1.17 bits per heavy atom. The number of nitrogens with one attached hydrogen (secondary N) is 3. The van der Waals surface area contributed by atoms with Crippen molar-refractivity contribution in [3.63, 3.8) is 0 Å². The van der Waals surface area contributed by atoms with Gasteiger partial charge in [-0.3, -0.25) is 9.89 Å². The lowest BCUT2D eigenvalue weighted by Gasteiger charge is -2.32. The van der Waals surface area contributed by atoms with E-state index in [1.54, 1.807) is 11.1 Å². The van der Waals surface area contributed by atoms with E-state index in [1.807, 2.05) is 49.4 Å². The van der Waals surface area contributed by atoms with Crippen LogP contribution in [0.4, 0.5) is 4.79 Å². The molecule has 1 aliphatic rings. The van der Waals surface area contributed by atoms with Gasteiger partial charge in [0.1, 0.15) is 6.04 Å². The van der Waals surface area contributed by atoms with Crippen LogP contribution in [0.15, 0.2) is 53.5 Å². The van der Waals surface area contributed by atoms with Gasteiger partial charge in [0.15, 0.2) is 0 Å². The number of carboxylic acids is 1. The fourth-order valence-corrected chi connectivity index (χ4v) is 4.97. The molecule has 1 aliphatic heterocycles. The van der Waals surface area contributed by atoms with Crippen LogP contribution >= 0.6 is 0 Å². The van der Waals surface area contributed by atoms with Gasteiger partial charge in [-0.25, -0.2) is 9.59 Å². The molecule has 2 aromatic carbocycles. The van der Waals surface area contributed by atoms with Crippen molar-refractivity contribution in [2.24, 2.45) is 0 Å². The summed E-state index contributed by atoms with van der Waals surface area (Å²) in [6.45, 7) is 2.84. The number of piperidine rings is 1. The highest BCUT2D eigenvalue weighted by Gasteiger charge is 2.28. The molecule has 0 spiro atoms. The number of amides is 2. The molecule has 0 radical (unpaired) electrons. The second kappa shape index (κ2) is 9.25. The van der Waals surface area contributed by atoms with E-state index < -0.39 is 18.0 Å². The molecule has 2 aromatic heterocycles. The maximum atomic E-state index is 12.9. The van der Waals surface area contributed by atoms with Crippen LogP contribution in [0.3, 0.4) is 0 Å². The van der Waals surface area contributed by atoms with E-state index in [9.17, 15) is 19.5 Å². The summed E-state index contributed by atoms with van der Waals surface area (Å²) in [6, 6.07) is 12.0. The van der Waals surface area contributed by atoms with E-state index in [1.165, 1.54) is 0 Å². The van der Waals surface area contributed by atoms with Crippen LogP contribution in [0.2, 0.25) is 0 Å². The zero-order valence-corrected chi connectivity index (χ0v) is 19.4. The number of aliphatic carboxylic acids is 1. The van der Waals surface area contributed by atoms with E-state index >= 15 is 0 Å². The van der Waals surface area contributed by atoms with E-state index in [2.05, 4.69) is 20.5 Å². The van der Waals surface area contributed by atoms with Gasteiger partial charge in [0.2, 0.25) is 0 Å². The molecule has 180 valence electrons. The smallest absolute Gasteiger partial charge is 0.326 e. The molecule has 9 nitrogen and oxygen atoms in total. The van der Waals surface area contributed by atoms with Gasteiger partial charge >= 0.3 is 12.0 Å². The number of hydrogen-bond donors (Lipinski definition) is 4. The zero-order valence-electron chi connectivity index (χ0n) is 19.4. The fourth-order valence-electron chi connectivity index (χ4n) is 4.97. The van der Waals surface area contributed by atoms with Crippen molar-refractivity contribution in [2.75, 3.05) is 13.1 Å². The van der Waals surface area contributed by atoms with Crippen molar-refractivity contribution in [1.29, 1.82) is 0 Å². The summed E-state index contributed by atoms with van der Waals surface area (Å²) in [5, 5.41) is 21.3. The number of pyridine rings is 1. The van der Waals surface area contributed by atoms with Crippen LogP contribution in [0.25, 0.3) is 21.8 Å². The minimum Gasteiger partial charge on any atom is -0.480 e. The molecular weight excluding hydrogens is 446 g/mol. The number of rotatable bonds is 5. The summed E-state index contributed by atoms with van der Waals surface area (Å²) < 4.78 is 0. The number of likely N-dealkylation sites (tertiary alicyclic amines) is 1. The van der Waals surface area contributed by atoms with Crippen LogP contribution in [-0.4, -0.2) is 56.3 Å². The van der Waals surface area contributed by atoms with E-state index in [0.29, 0.717) is 25.9 Å². The lowest BCUT2D eigenvalue weighted by Crippen LogP contribution is -2.50. The average Bonchev–Trinajstić information content (AvgIpc) is 3.32. The van der Waals surface area contributed by atoms with Crippen LogP contribution < -0.4 is 10.9 Å². The zero-order chi connectivity index (χ0) is 24.5. The van der Waals surface area contributed by atoms with Crippen molar-refractivity contribution >= 4 is 33.8 Å². The molecule has 1 fully saturated rings. The average molecular weight is 474 g/mol. The Morgan fingerprint density at radius 3 is 2.71 bits per heavy atom. The minimum atomic E-state index is -1.08. The lowest BCUT2D eigenvalue weighted by atomic mass is 9.89. The van der Waals surface area contributed by atoms with Gasteiger partial charge in [-0.05, 0) is 60.4 Å². The molecule has 4 aromatic rings. The maximum Gasteiger partial charge on any atom is 0.326 e. The van der Waals surface area contributed by atoms with Crippen LogP contribution in [0.5, 0.6) is 0 Å². The summed E-state index contributed by atoms with van der Waals surface area (Å²) >= 11 is 0. The first-order chi connectivity index (χ1) is 16.9. The second-order valence-corrected chi connectivity index (χ2v) is 9.19. The summed E-state index contributed by atoms with van der Waals surface area (Å²) in [7, 11) is 0. The third-order valence-corrected chi connectivity index (χ3v) is 6.85. The predicted octanol–water partition coefficient (Wildman–Crippen LogP) is 3.30. The highest BCUT2D eigenvalue weighted by atomic mass is 16.4. The molecule has 35 heavy (non-hydrogen) atoms. The highest BCUT2D eigenvalue weighted by molar-refractivity contribution is 5.84. The van der Waals surface area contributed by atoms with E-state index in [-0.39, 0.29) is 17.9 Å². The molecule has 0 saturated carbocycles. The number of carboxylic acid groups (broad SMARTS) is 1. The number of aryl methyl sites for hydroxylation is 1. The Bertz CT molecular complexity index is 1470. The monoisotopic (exact) mass is 473 g/mol. The lowest BCUT2D eigenvalue weighted by molar-refractivity contribution is -0.139. The highest BCUT2D eigenvalue weighted by Crippen LogP contribution is 2.27. The SMILES string of the molecule is Cc1cc(CC(NC(=O)N2CCC(c3cc4ccccc4[nH]c3=O)CC2)C(=O)O)cc2cn[nH]c12. The van der Waals surface area contributed by atoms with Gasteiger partial charge in [0.25, 0.3) is 5.56 Å². The number of carbonyl (C=O) groups excluding carboxylic acids is 1. The van der Waals surface area contributed by atoms with Gasteiger partial charge in [-0.1, -0.05) is 24.3 Å². The van der Waals surface area contributed by atoms with Crippen LogP contribution in [0, 0.1) is 6.92 Å². The molecule has 5 rings (SSSR count). The third kappa shape index (κ3) is 4.62. The minimum absolute atomic E-state index is 0.0485. The quantitative estimate of drug-likeness (QED) is 0.353. The number of nitrogens with zero attached hydrogens (tertiary/aromatic N) is 2. The topological polar surface area (TPSA) is 131 Å². The first kappa shape index (κ1) is 22.6. The van der Waals surface area contributed by atoms with Crippen LogP contribution in [0.1, 0.15) is 35.4 Å². The summed E-state index contributed by atoms with van der Waals surface area (Å²) in [5.41, 5.74) is 4.15. The van der Waals surface area contributed by atoms with Crippen LogP contribution in [-0.2, 0) is 11.2 Å². The normalized spacial score (nSPS) is 15.4. The Labute approximate surface area is 201 Å². The van der Waals surface area contributed by atoms with Gasteiger partial charge in [0, 0.05) is 36.0 Å². The second-order valence-electron chi connectivity index (χ2n) is 9.19. The number of aromatic nitrogens is 3. The molecule has 1 atom stereocenters. The molecule has 4 N–H and O–H groups in total. The van der Waals surface area contributed by atoms with E-state index in [4.69, 9.17) is 0 Å². The van der Waals surface area contributed by atoms with E-state index in [0.717, 1.165) is 38.5 Å². The third-order valence-electron chi connectivity index (χ3n) is 6.85. The van der Waals surface area contributed by atoms with Crippen molar-refractivity contribution in [3.8, 4) is 0 Å². The van der Waals surface area contributed by atoms with Gasteiger partial charge in [0.05, 0.1) is 11.7 Å². The first-order valence-corrected chi connectivity index (χ1v) is 11.7.